The Bertz CT molecular complexity index is 1060. The van der Waals surface area contributed by atoms with Gasteiger partial charge >= 0.3 is 12.1 Å². The molecular formula is C18H13F4N3O3. The molecule has 3 rings (SSSR count). The van der Waals surface area contributed by atoms with Gasteiger partial charge in [-0.25, -0.2) is 9.37 Å². The number of imidazole rings is 1. The van der Waals surface area contributed by atoms with Crippen molar-refractivity contribution in [1.82, 2.24) is 9.38 Å². The van der Waals surface area contributed by atoms with Crippen molar-refractivity contribution in [1.29, 1.82) is 0 Å². The Balaban J connectivity index is 1.77. The van der Waals surface area contributed by atoms with E-state index >= 15 is 0 Å². The predicted octanol–water partition coefficient (Wildman–Crippen LogP) is 3.30. The number of fused-ring (bicyclic) bond motifs is 1. The molecule has 146 valence electrons. The standard InChI is InChI=1S/C18H13F4N3O3/c19-13-6-10(4-5-12(13)18(20,21)22)7-16(26)24-15-3-1-2-14-23-11(8-17(27)28)9-25(14)15/h1-6,9H,7-8H2,(H,24,26)(H,27,28). The molecule has 0 fully saturated rings. The van der Waals surface area contributed by atoms with Crippen molar-refractivity contribution < 1.29 is 32.3 Å². The molecule has 6 nitrogen and oxygen atoms in total. The first-order valence-corrected chi connectivity index (χ1v) is 7.98. The van der Waals surface area contributed by atoms with E-state index in [9.17, 15) is 27.2 Å². The van der Waals surface area contributed by atoms with Gasteiger partial charge in [0.25, 0.3) is 0 Å². The maximum atomic E-state index is 13.6. The third kappa shape index (κ3) is 4.27. The highest BCUT2D eigenvalue weighted by Gasteiger charge is 2.33. The summed E-state index contributed by atoms with van der Waals surface area (Å²) in [5, 5.41) is 11.4. The summed E-state index contributed by atoms with van der Waals surface area (Å²) in [6.07, 6.45) is -3.99. The Morgan fingerprint density at radius 1 is 1.14 bits per heavy atom. The molecule has 2 heterocycles. The van der Waals surface area contributed by atoms with Crippen molar-refractivity contribution in [2.75, 3.05) is 5.32 Å². The Kier molecular flexibility index (Phi) is 5.04. The number of hydrogen-bond donors (Lipinski definition) is 2. The molecular weight excluding hydrogens is 382 g/mol. The van der Waals surface area contributed by atoms with Gasteiger partial charge in [-0.3, -0.25) is 14.0 Å². The highest BCUT2D eigenvalue weighted by atomic mass is 19.4. The average molecular weight is 395 g/mol. The number of aromatic nitrogens is 2. The van der Waals surface area contributed by atoms with Crippen molar-refractivity contribution in [2.45, 2.75) is 19.0 Å². The lowest BCUT2D eigenvalue weighted by Gasteiger charge is -2.10. The number of carboxylic acid groups (broad SMARTS) is 1. The van der Waals surface area contributed by atoms with Crippen LogP contribution in [0.1, 0.15) is 16.8 Å². The van der Waals surface area contributed by atoms with Crippen LogP contribution in [0.5, 0.6) is 0 Å². The van der Waals surface area contributed by atoms with Crippen LogP contribution in [0.3, 0.4) is 0 Å². The van der Waals surface area contributed by atoms with Crippen LogP contribution in [-0.2, 0) is 28.6 Å². The second-order valence-corrected chi connectivity index (χ2v) is 5.98. The van der Waals surface area contributed by atoms with Gasteiger partial charge in [-0.2, -0.15) is 13.2 Å². The van der Waals surface area contributed by atoms with Crippen LogP contribution >= 0.6 is 0 Å². The Labute approximate surface area is 155 Å². The summed E-state index contributed by atoms with van der Waals surface area (Å²) in [6.45, 7) is 0. The summed E-state index contributed by atoms with van der Waals surface area (Å²) in [7, 11) is 0. The number of anilines is 1. The average Bonchev–Trinajstić information content (AvgIpc) is 2.96. The van der Waals surface area contributed by atoms with Gasteiger partial charge in [0.15, 0.2) is 0 Å². The molecule has 0 spiro atoms. The molecule has 2 N–H and O–H groups in total. The monoisotopic (exact) mass is 395 g/mol. The largest absolute Gasteiger partial charge is 0.481 e. The maximum Gasteiger partial charge on any atom is 0.419 e. The van der Waals surface area contributed by atoms with Crippen molar-refractivity contribution >= 4 is 23.3 Å². The number of aliphatic carboxylic acids is 1. The Morgan fingerprint density at radius 2 is 1.89 bits per heavy atom. The van der Waals surface area contributed by atoms with E-state index in [0.29, 0.717) is 29.3 Å². The van der Waals surface area contributed by atoms with Gasteiger partial charge in [0.05, 0.1) is 24.1 Å². The van der Waals surface area contributed by atoms with E-state index in [1.807, 2.05) is 0 Å². The molecule has 10 heteroatoms. The molecule has 28 heavy (non-hydrogen) atoms. The Hall–Kier alpha value is -3.43. The molecule has 0 bridgehead atoms. The minimum atomic E-state index is -4.81. The van der Waals surface area contributed by atoms with Crippen molar-refractivity contribution in [2.24, 2.45) is 0 Å². The summed E-state index contributed by atoms with van der Waals surface area (Å²) in [4.78, 5) is 27.1. The topological polar surface area (TPSA) is 83.7 Å². The summed E-state index contributed by atoms with van der Waals surface area (Å²) in [6, 6.07) is 7.06. The third-order valence-electron chi connectivity index (χ3n) is 3.85. The molecule has 0 saturated carbocycles. The molecule has 0 atom stereocenters. The molecule has 2 aromatic heterocycles. The van der Waals surface area contributed by atoms with Gasteiger partial charge in [-0.15, -0.1) is 0 Å². The third-order valence-corrected chi connectivity index (χ3v) is 3.85. The molecule has 3 aromatic rings. The number of carbonyl (C=O) groups excluding carboxylic acids is 1. The summed E-state index contributed by atoms with van der Waals surface area (Å²) in [5.41, 5.74) is -0.619. The van der Waals surface area contributed by atoms with Crippen LogP contribution in [0.4, 0.5) is 23.4 Å². The lowest BCUT2D eigenvalue weighted by molar-refractivity contribution is -0.140. The normalized spacial score (nSPS) is 11.6. The number of halogens is 4. The zero-order valence-electron chi connectivity index (χ0n) is 14.1. The van der Waals surface area contributed by atoms with E-state index in [0.717, 1.165) is 6.07 Å². The fourth-order valence-electron chi connectivity index (χ4n) is 2.67. The lowest BCUT2D eigenvalue weighted by atomic mass is 10.1. The van der Waals surface area contributed by atoms with Crippen LogP contribution < -0.4 is 5.32 Å². The minimum Gasteiger partial charge on any atom is -0.481 e. The van der Waals surface area contributed by atoms with Crippen LogP contribution in [0.15, 0.2) is 42.6 Å². The number of amides is 1. The predicted molar refractivity (Wildman–Crippen MR) is 90.3 cm³/mol. The fraction of sp³-hybridized carbons (Fsp3) is 0.167. The van der Waals surface area contributed by atoms with Crippen LogP contribution in [0, 0.1) is 5.82 Å². The number of hydrogen-bond acceptors (Lipinski definition) is 3. The number of carbonyl (C=O) groups is 2. The zero-order chi connectivity index (χ0) is 20.5. The van der Waals surface area contributed by atoms with Crippen LogP contribution in [0.2, 0.25) is 0 Å². The molecule has 0 saturated heterocycles. The second kappa shape index (κ2) is 7.29. The zero-order valence-corrected chi connectivity index (χ0v) is 14.1. The number of rotatable bonds is 5. The van der Waals surface area contributed by atoms with Gasteiger partial charge < -0.3 is 10.4 Å². The Morgan fingerprint density at radius 3 is 2.54 bits per heavy atom. The number of nitrogens with zero attached hydrogens (tertiary/aromatic N) is 2. The number of nitrogens with one attached hydrogen (secondary N) is 1. The molecule has 1 aromatic carbocycles. The first-order chi connectivity index (χ1) is 13.1. The molecule has 0 radical (unpaired) electrons. The van der Waals surface area contributed by atoms with Crippen molar-refractivity contribution in [3.8, 4) is 0 Å². The smallest absolute Gasteiger partial charge is 0.419 e. The molecule has 0 unspecified atom stereocenters. The van der Waals surface area contributed by atoms with E-state index in [-0.39, 0.29) is 18.4 Å². The quantitative estimate of drug-likeness (QED) is 0.650. The highest BCUT2D eigenvalue weighted by molar-refractivity contribution is 5.91. The van der Waals surface area contributed by atoms with Gasteiger partial charge in [0, 0.05) is 6.20 Å². The minimum absolute atomic E-state index is 0.0763. The first-order valence-electron chi connectivity index (χ1n) is 7.98. The van der Waals surface area contributed by atoms with E-state index in [1.54, 1.807) is 18.2 Å². The van der Waals surface area contributed by atoms with Gasteiger partial charge in [0.1, 0.15) is 17.3 Å². The molecule has 1 amide bonds. The number of carboxylic acids is 1. The van der Waals surface area contributed by atoms with Crippen LogP contribution in [0.25, 0.3) is 5.65 Å². The SMILES string of the molecule is O=C(O)Cc1cn2c(NC(=O)Cc3ccc(C(F)(F)F)c(F)c3)cccc2n1. The maximum absolute atomic E-state index is 13.6. The first kappa shape index (κ1) is 19.3. The summed E-state index contributed by atoms with van der Waals surface area (Å²) in [5.74, 6) is -2.80. The number of benzene rings is 1. The summed E-state index contributed by atoms with van der Waals surface area (Å²) >= 11 is 0. The molecule has 0 aliphatic carbocycles. The second-order valence-electron chi connectivity index (χ2n) is 5.98. The van der Waals surface area contributed by atoms with E-state index in [2.05, 4.69) is 10.3 Å². The number of pyridine rings is 1. The van der Waals surface area contributed by atoms with E-state index < -0.39 is 29.4 Å². The van der Waals surface area contributed by atoms with Gasteiger partial charge in [-0.1, -0.05) is 12.1 Å². The molecule has 0 aliphatic rings. The fourth-order valence-corrected chi connectivity index (χ4v) is 2.67. The summed E-state index contributed by atoms with van der Waals surface area (Å²) < 4.78 is 52.9. The van der Waals surface area contributed by atoms with E-state index in [1.165, 1.54) is 10.6 Å². The molecule has 0 aliphatic heterocycles. The number of alkyl halides is 3. The van der Waals surface area contributed by atoms with Crippen LogP contribution in [-0.4, -0.2) is 26.4 Å². The highest BCUT2D eigenvalue weighted by Crippen LogP contribution is 2.31. The van der Waals surface area contributed by atoms with E-state index in [4.69, 9.17) is 5.11 Å². The van der Waals surface area contributed by atoms with Gasteiger partial charge in [-0.05, 0) is 29.8 Å². The lowest BCUT2D eigenvalue weighted by Crippen LogP contribution is -2.17. The van der Waals surface area contributed by atoms with Crippen molar-refractivity contribution in [3.63, 3.8) is 0 Å². The van der Waals surface area contributed by atoms with Gasteiger partial charge in [0.2, 0.25) is 5.91 Å². The van der Waals surface area contributed by atoms with Crippen molar-refractivity contribution in [3.05, 3.63) is 65.2 Å².